The molecule has 0 aliphatic heterocycles. The third-order valence-corrected chi connectivity index (χ3v) is 4.05. The number of methoxy groups -OCH3 is 1. The summed E-state index contributed by atoms with van der Waals surface area (Å²) >= 11 is 0. The van der Waals surface area contributed by atoms with E-state index in [0.29, 0.717) is 18.0 Å². The molecule has 6 nitrogen and oxygen atoms in total. The first-order chi connectivity index (χ1) is 12.6. The Labute approximate surface area is 151 Å². The molecule has 2 aromatic carbocycles. The van der Waals surface area contributed by atoms with Crippen LogP contribution in [-0.2, 0) is 11.3 Å². The van der Waals surface area contributed by atoms with Crippen molar-refractivity contribution >= 4 is 22.6 Å². The summed E-state index contributed by atoms with van der Waals surface area (Å²) in [6.07, 6.45) is 2.04. The third-order valence-electron chi connectivity index (χ3n) is 4.05. The quantitative estimate of drug-likeness (QED) is 0.633. The molecule has 0 N–H and O–H groups in total. The number of amides is 1. The highest BCUT2D eigenvalue weighted by Crippen LogP contribution is 2.18. The van der Waals surface area contributed by atoms with Gasteiger partial charge in [0.2, 0.25) is 5.89 Å². The van der Waals surface area contributed by atoms with Crippen molar-refractivity contribution in [2.45, 2.75) is 19.9 Å². The Bertz CT molecular complexity index is 932. The summed E-state index contributed by atoms with van der Waals surface area (Å²) in [5, 5.41) is 2.10. The third kappa shape index (κ3) is 3.74. The number of carbonyl (C=O) groups excluding carboxylic acids is 2. The number of hydrogen-bond acceptors (Lipinski definition) is 5. The highest BCUT2D eigenvalue weighted by molar-refractivity contribution is 5.98. The number of oxazole rings is 1. The molecular weight excluding hydrogens is 332 g/mol. The molecule has 0 saturated carbocycles. The Morgan fingerprint density at radius 3 is 2.65 bits per heavy atom. The van der Waals surface area contributed by atoms with Crippen molar-refractivity contribution in [3.63, 3.8) is 0 Å². The van der Waals surface area contributed by atoms with Gasteiger partial charge in [0.25, 0.3) is 5.91 Å². The van der Waals surface area contributed by atoms with Gasteiger partial charge in [-0.3, -0.25) is 4.79 Å². The maximum Gasteiger partial charge on any atom is 0.360 e. The van der Waals surface area contributed by atoms with Crippen LogP contribution in [0.3, 0.4) is 0 Å². The molecular formula is C20H20N2O4. The number of rotatable bonds is 6. The molecule has 134 valence electrons. The lowest BCUT2D eigenvalue weighted by molar-refractivity contribution is 0.0594. The molecule has 0 unspecified atom stereocenters. The number of esters is 1. The van der Waals surface area contributed by atoms with E-state index >= 15 is 0 Å². The molecule has 1 aromatic heterocycles. The summed E-state index contributed by atoms with van der Waals surface area (Å²) in [5.41, 5.74) is 0.703. The van der Waals surface area contributed by atoms with Crippen molar-refractivity contribution < 1.29 is 18.7 Å². The maximum atomic E-state index is 12.9. The van der Waals surface area contributed by atoms with Gasteiger partial charge in [-0.25, -0.2) is 9.78 Å². The molecule has 0 fully saturated rings. The van der Waals surface area contributed by atoms with Crippen LogP contribution >= 0.6 is 0 Å². The molecule has 0 atom stereocenters. The number of ether oxygens (including phenoxy) is 1. The summed E-state index contributed by atoms with van der Waals surface area (Å²) in [7, 11) is 1.28. The number of fused-ring (bicyclic) bond motifs is 1. The number of benzene rings is 2. The van der Waals surface area contributed by atoms with E-state index in [1.165, 1.54) is 13.4 Å². The maximum absolute atomic E-state index is 12.9. The summed E-state index contributed by atoms with van der Waals surface area (Å²) in [6, 6.07) is 13.5. The molecule has 0 saturated heterocycles. The Morgan fingerprint density at radius 2 is 1.92 bits per heavy atom. The van der Waals surface area contributed by atoms with Crippen LogP contribution in [0.5, 0.6) is 0 Å². The molecule has 0 spiro atoms. The second kappa shape index (κ2) is 7.82. The van der Waals surface area contributed by atoms with Gasteiger partial charge in [-0.05, 0) is 29.3 Å². The van der Waals surface area contributed by atoms with Gasteiger partial charge in [0, 0.05) is 12.1 Å². The van der Waals surface area contributed by atoms with Gasteiger partial charge in [-0.1, -0.05) is 37.3 Å². The van der Waals surface area contributed by atoms with E-state index in [2.05, 4.69) is 9.72 Å². The number of nitrogens with zero attached hydrogens (tertiary/aromatic N) is 2. The predicted octanol–water partition coefficient (Wildman–Crippen LogP) is 3.67. The largest absolute Gasteiger partial charge is 0.464 e. The molecule has 3 rings (SSSR count). The summed E-state index contributed by atoms with van der Waals surface area (Å²) in [5.74, 6) is -0.369. The Balaban J connectivity index is 1.82. The lowest BCUT2D eigenvalue weighted by atomic mass is 10.1. The van der Waals surface area contributed by atoms with E-state index in [1.54, 1.807) is 4.90 Å². The zero-order valence-electron chi connectivity index (χ0n) is 14.8. The van der Waals surface area contributed by atoms with Crippen molar-refractivity contribution in [3.05, 3.63) is 65.9 Å². The van der Waals surface area contributed by atoms with E-state index in [-0.39, 0.29) is 18.1 Å². The zero-order valence-corrected chi connectivity index (χ0v) is 14.8. The van der Waals surface area contributed by atoms with Gasteiger partial charge >= 0.3 is 5.97 Å². The topological polar surface area (TPSA) is 72.6 Å². The minimum absolute atomic E-state index is 0.0945. The average Bonchev–Trinajstić information content (AvgIpc) is 3.14. The summed E-state index contributed by atoms with van der Waals surface area (Å²) in [6.45, 7) is 2.74. The van der Waals surface area contributed by atoms with Gasteiger partial charge in [-0.15, -0.1) is 0 Å². The molecule has 0 aliphatic carbocycles. The first-order valence-electron chi connectivity index (χ1n) is 8.43. The molecule has 1 heterocycles. The number of hydrogen-bond donors (Lipinski definition) is 0. The van der Waals surface area contributed by atoms with Crippen LogP contribution in [-0.4, -0.2) is 35.4 Å². The minimum atomic E-state index is -0.567. The Kier molecular flexibility index (Phi) is 5.31. The first kappa shape index (κ1) is 17.7. The van der Waals surface area contributed by atoms with Gasteiger partial charge in [0.1, 0.15) is 6.26 Å². The van der Waals surface area contributed by atoms with Crippen LogP contribution in [0.15, 0.2) is 53.1 Å². The molecule has 6 heteroatoms. The molecule has 0 aliphatic rings. The number of aromatic nitrogens is 1. The predicted molar refractivity (Wildman–Crippen MR) is 96.8 cm³/mol. The van der Waals surface area contributed by atoms with E-state index in [4.69, 9.17) is 4.42 Å². The SMILES string of the molecule is CCCN(Cc1nc(C(=O)OC)co1)C(=O)c1ccc2ccccc2c1. The molecule has 0 radical (unpaired) electrons. The van der Waals surface area contributed by atoms with Crippen LogP contribution in [0.1, 0.15) is 40.1 Å². The Hall–Kier alpha value is -3.15. The van der Waals surface area contributed by atoms with Crippen LogP contribution in [0, 0.1) is 0 Å². The fraction of sp³-hybridized carbons (Fsp3) is 0.250. The van der Waals surface area contributed by atoms with Crippen molar-refractivity contribution in [1.82, 2.24) is 9.88 Å². The molecule has 26 heavy (non-hydrogen) atoms. The van der Waals surface area contributed by atoms with Gasteiger partial charge < -0.3 is 14.1 Å². The average molecular weight is 352 g/mol. The molecule has 1 amide bonds. The zero-order chi connectivity index (χ0) is 18.5. The first-order valence-corrected chi connectivity index (χ1v) is 8.43. The van der Waals surface area contributed by atoms with E-state index < -0.39 is 5.97 Å². The molecule has 3 aromatic rings. The highest BCUT2D eigenvalue weighted by atomic mass is 16.5. The van der Waals surface area contributed by atoms with Crippen LogP contribution in [0.25, 0.3) is 10.8 Å². The Morgan fingerprint density at radius 1 is 1.15 bits per heavy atom. The smallest absolute Gasteiger partial charge is 0.360 e. The second-order valence-electron chi connectivity index (χ2n) is 5.91. The van der Waals surface area contributed by atoms with Gasteiger partial charge in [-0.2, -0.15) is 0 Å². The lowest BCUT2D eigenvalue weighted by Crippen LogP contribution is -2.31. The summed E-state index contributed by atoms with van der Waals surface area (Å²) < 4.78 is 9.93. The monoisotopic (exact) mass is 352 g/mol. The van der Waals surface area contributed by atoms with Crippen molar-refractivity contribution in [3.8, 4) is 0 Å². The van der Waals surface area contributed by atoms with E-state index in [9.17, 15) is 9.59 Å². The summed E-state index contributed by atoms with van der Waals surface area (Å²) in [4.78, 5) is 30.2. The second-order valence-corrected chi connectivity index (χ2v) is 5.91. The lowest BCUT2D eigenvalue weighted by Gasteiger charge is -2.20. The highest BCUT2D eigenvalue weighted by Gasteiger charge is 2.20. The normalized spacial score (nSPS) is 10.7. The van der Waals surface area contributed by atoms with Gasteiger partial charge in [0.05, 0.1) is 13.7 Å². The standard InChI is InChI=1S/C20H20N2O4/c1-3-10-22(12-18-21-17(13-26-18)20(24)25-2)19(23)16-9-8-14-6-4-5-7-15(14)11-16/h4-9,11,13H,3,10,12H2,1-2H3. The van der Waals surface area contributed by atoms with E-state index in [1.807, 2.05) is 49.4 Å². The van der Waals surface area contributed by atoms with Crippen LogP contribution in [0.4, 0.5) is 0 Å². The van der Waals surface area contributed by atoms with Crippen molar-refractivity contribution in [2.75, 3.05) is 13.7 Å². The van der Waals surface area contributed by atoms with E-state index in [0.717, 1.165) is 17.2 Å². The van der Waals surface area contributed by atoms with Crippen molar-refractivity contribution in [1.29, 1.82) is 0 Å². The fourth-order valence-electron chi connectivity index (χ4n) is 2.77. The van der Waals surface area contributed by atoms with Crippen molar-refractivity contribution in [2.24, 2.45) is 0 Å². The molecule has 0 bridgehead atoms. The van der Waals surface area contributed by atoms with Crippen LogP contribution in [0.2, 0.25) is 0 Å². The number of carbonyl (C=O) groups is 2. The van der Waals surface area contributed by atoms with Gasteiger partial charge in [0.15, 0.2) is 5.69 Å². The van der Waals surface area contributed by atoms with Crippen LogP contribution < -0.4 is 0 Å². The fourth-order valence-corrected chi connectivity index (χ4v) is 2.77. The minimum Gasteiger partial charge on any atom is -0.464 e.